The van der Waals surface area contributed by atoms with Crippen LogP contribution >= 0.6 is 0 Å². The third kappa shape index (κ3) is 2.43. The summed E-state index contributed by atoms with van der Waals surface area (Å²) in [6, 6.07) is 9.03. The molecule has 0 aliphatic heterocycles. The molecule has 1 atom stereocenters. The summed E-state index contributed by atoms with van der Waals surface area (Å²) in [5, 5.41) is 0. The van der Waals surface area contributed by atoms with Crippen LogP contribution in [0.3, 0.4) is 0 Å². The van der Waals surface area contributed by atoms with Crippen molar-refractivity contribution in [1.82, 2.24) is 0 Å². The minimum absolute atomic E-state index is 0.431. The van der Waals surface area contributed by atoms with Gasteiger partial charge in [-0.3, -0.25) is 9.59 Å². The van der Waals surface area contributed by atoms with Gasteiger partial charge in [0.15, 0.2) is 11.9 Å². The summed E-state index contributed by atoms with van der Waals surface area (Å²) >= 11 is 0. The van der Waals surface area contributed by atoms with Gasteiger partial charge in [-0.05, 0) is 6.42 Å². The normalized spacial score (nSPS) is 14.0. The predicted molar refractivity (Wildman–Crippen MR) is 56.2 cm³/mol. The molecule has 1 unspecified atom stereocenters. The fourth-order valence-electron chi connectivity index (χ4n) is 1.49. The second-order valence-corrected chi connectivity index (χ2v) is 3.32. The van der Waals surface area contributed by atoms with E-state index in [1.54, 1.807) is 12.1 Å². The summed E-state index contributed by atoms with van der Waals surface area (Å²) in [4.78, 5) is 22.1. The number of hydrogen-bond acceptors (Lipinski definition) is 3. The third-order valence-corrected chi connectivity index (χ3v) is 2.30. The number of benzene rings is 1. The van der Waals surface area contributed by atoms with Gasteiger partial charge in [0.25, 0.3) is 0 Å². The van der Waals surface area contributed by atoms with Gasteiger partial charge in [-0.25, -0.2) is 0 Å². The highest BCUT2D eigenvalue weighted by atomic mass is 16.6. The maximum atomic E-state index is 11.1. The van der Waals surface area contributed by atoms with E-state index in [0.717, 1.165) is 0 Å². The number of rotatable bonds is 4. The summed E-state index contributed by atoms with van der Waals surface area (Å²) < 4.78 is 5.12. The molecule has 0 fully saturated rings. The second kappa shape index (κ2) is 4.73. The zero-order valence-electron chi connectivity index (χ0n) is 8.90. The van der Waals surface area contributed by atoms with Crippen molar-refractivity contribution in [3.05, 3.63) is 35.9 Å². The van der Waals surface area contributed by atoms with Gasteiger partial charge in [0.1, 0.15) is 0 Å². The zero-order chi connectivity index (χ0) is 11.3. The van der Waals surface area contributed by atoms with E-state index >= 15 is 0 Å². The lowest BCUT2D eigenvalue weighted by Gasteiger charge is -2.26. The van der Waals surface area contributed by atoms with Crippen molar-refractivity contribution < 1.29 is 14.3 Å². The van der Waals surface area contributed by atoms with Crippen molar-refractivity contribution in [2.45, 2.75) is 25.9 Å². The minimum Gasteiger partial charge on any atom is -0.447 e. The first-order chi connectivity index (χ1) is 7.14. The van der Waals surface area contributed by atoms with Crippen LogP contribution in [0.4, 0.5) is 0 Å². The van der Waals surface area contributed by atoms with Crippen molar-refractivity contribution >= 4 is 12.3 Å². The van der Waals surface area contributed by atoms with E-state index in [0.29, 0.717) is 18.3 Å². The molecule has 3 heteroatoms. The molecule has 1 rings (SSSR count). The largest absolute Gasteiger partial charge is 0.447 e. The van der Waals surface area contributed by atoms with Gasteiger partial charge < -0.3 is 4.74 Å². The van der Waals surface area contributed by atoms with Crippen molar-refractivity contribution in [2.24, 2.45) is 0 Å². The van der Waals surface area contributed by atoms with Crippen LogP contribution < -0.4 is 0 Å². The van der Waals surface area contributed by atoms with Gasteiger partial charge in [0.2, 0.25) is 0 Å². The van der Waals surface area contributed by atoms with Gasteiger partial charge in [0.05, 0.1) is 0 Å². The highest BCUT2D eigenvalue weighted by Gasteiger charge is 2.33. The molecule has 0 aliphatic rings. The van der Waals surface area contributed by atoms with Crippen LogP contribution in [-0.2, 0) is 19.9 Å². The highest BCUT2D eigenvalue weighted by Crippen LogP contribution is 2.27. The molecule has 1 aromatic rings. The SMILES string of the molecule is CCC(C=O)(OC(C)=O)c1ccccc1. The monoisotopic (exact) mass is 206 g/mol. The molecule has 0 amide bonds. The molecular weight excluding hydrogens is 192 g/mol. The fraction of sp³-hybridized carbons (Fsp3) is 0.333. The summed E-state index contributed by atoms with van der Waals surface area (Å²) in [7, 11) is 0. The van der Waals surface area contributed by atoms with Gasteiger partial charge in [0, 0.05) is 12.5 Å². The fourth-order valence-corrected chi connectivity index (χ4v) is 1.49. The van der Waals surface area contributed by atoms with Crippen LogP contribution in [0, 0.1) is 0 Å². The van der Waals surface area contributed by atoms with Crippen molar-refractivity contribution in [3.63, 3.8) is 0 Å². The van der Waals surface area contributed by atoms with Crippen molar-refractivity contribution in [1.29, 1.82) is 0 Å². The van der Waals surface area contributed by atoms with Crippen molar-refractivity contribution in [2.75, 3.05) is 0 Å². The van der Waals surface area contributed by atoms with Crippen LogP contribution in [0.25, 0.3) is 0 Å². The van der Waals surface area contributed by atoms with Crippen LogP contribution in [-0.4, -0.2) is 12.3 Å². The summed E-state index contributed by atoms with van der Waals surface area (Å²) in [5.41, 5.74) is -0.426. The first-order valence-corrected chi connectivity index (χ1v) is 4.86. The molecule has 0 saturated heterocycles. The van der Waals surface area contributed by atoms with Crippen LogP contribution in [0.5, 0.6) is 0 Å². The number of carbonyl (C=O) groups excluding carboxylic acids is 2. The molecule has 0 radical (unpaired) electrons. The molecule has 0 saturated carbocycles. The molecule has 0 aliphatic carbocycles. The quantitative estimate of drug-likeness (QED) is 0.559. The molecule has 0 N–H and O–H groups in total. The molecule has 0 heterocycles. The Bertz CT molecular complexity index is 345. The summed E-state index contributed by atoms with van der Waals surface area (Å²) in [6.45, 7) is 3.11. The molecule has 80 valence electrons. The van der Waals surface area contributed by atoms with Crippen LogP contribution in [0.15, 0.2) is 30.3 Å². The van der Waals surface area contributed by atoms with E-state index in [1.807, 2.05) is 25.1 Å². The van der Waals surface area contributed by atoms with E-state index in [9.17, 15) is 9.59 Å². The molecule has 1 aromatic carbocycles. The predicted octanol–water partition coefficient (Wildman–Crippen LogP) is 2.05. The minimum atomic E-state index is -1.13. The number of carbonyl (C=O) groups is 2. The van der Waals surface area contributed by atoms with E-state index in [1.165, 1.54) is 6.92 Å². The van der Waals surface area contributed by atoms with Gasteiger partial charge >= 0.3 is 5.97 Å². The lowest BCUT2D eigenvalue weighted by Crippen LogP contribution is -2.32. The van der Waals surface area contributed by atoms with E-state index in [4.69, 9.17) is 4.74 Å². The van der Waals surface area contributed by atoms with E-state index in [2.05, 4.69) is 0 Å². The van der Waals surface area contributed by atoms with Crippen LogP contribution in [0.2, 0.25) is 0 Å². The van der Waals surface area contributed by atoms with Crippen LogP contribution in [0.1, 0.15) is 25.8 Å². The topological polar surface area (TPSA) is 43.4 Å². The Morgan fingerprint density at radius 1 is 1.40 bits per heavy atom. The number of ether oxygens (including phenoxy) is 1. The maximum Gasteiger partial charge on any atom is 0.303 e. The van der Waals surface area contributed by atoms with E-state index < -0.39 is 11.6 Å². The number of hydrogen-bond donors (Lipinski definition) is 0. The Morgan fingerprint density at radius 3 is 2.40 bits per heavy atom. The Labute approximate surface area is 89.1 Å². The molecule has 3 nitrogen and oxygen atoms in total. The number of esters is 1. The molecule has 0 aromatic heterocycles. The lowest BCUT2D eigenvalue weighted by atomic mass is 9.92. The first-order valence-electron chi connectivity index (χ1n) is 4.86. The Morgan fingerprint density at radius 2 is 2.00 bits per heavy atom. The van der Waals surface area contributed by atoms with Gasteiger partial charge in [-0.15, -0.1) is 0 Å². The lowest BCUT2D eigenvalue weighted by molar-refractivity contribution is -0.162. The van der Waals surface area contributed by atoms with E-state index in [-0.39, 0.29) is 0 Å². The summed E-state index contributed by atoms with van der Waals surface area (Å²) in [5.74, 6) is -0.451. The molecular formula is C12H14O3. The Balaban J connectivity index is 3.11. The Kier molecular flexibility index (Phi) is 3.61. The molecule has 0 bridgehead atoms. The van der Waals surface area contributed by atoms with Gasteiger partial charge in [-0.1, -0.05) is 37.3 Å². The first kappa shape index (κ1) is 11.4. The smallest absolute Gasteiger partial charge is 0.303 e. The highest BCUT2D eigenvalue weighted by molar-refractivity contribution is 5.74. The Hall–Kier alpha value is -1.64. The average Bonchev–Trinajstić information content (AvgIpc) is 2.27. The second-order valence-electron chi connectivity index (χ2n) is 3.32. The van der Waals surface area contributed by atoms with Crippen molar-refractivity contribution in [3.8, 4) is 0 Å². The van der Waals surface area contributed by atoms with Gasteiger partial charge in [-0.2, -0.15) is 0 Å². The molecule has 15 heavy (non-hydrogen) atoms. The number of aldehydes is 1. The molecule has 0 spiro atoms. The average molecular weight is 206 g/mol. The standard InChI is InChI=1S/C12H14O3/c1-3-12(9-13,15-10(2)14)11-7-5-4-6-8-11/h4-9H,3H2,1-2H3. The third-order valence-electron chi connectivity index (χ3n) is 2.30. The summed E-state index contributed by atoms with van der Waals surface area (Å²) in [6.07, 6.45) is 1.11. The maximum absolute atomic E-state index is 11.1. The zero-order valence-corrected chi connectivity index (χ0v) is 8.90.